The van der Waals surface area contributed by atoms with Crippen LogP contribution in [-0.2, 0) is 4.79 Å². The number of rotatable bonds is 4. The van der Waals surface area contributed by atoms with Gasteiger partial charge < -0.3 is 9.42 Å². The quantitative estimate of drug-likeness (QED) is 0.802. The summed E-state index contributed by atoms with van der Waals surface area (Å²) in [5.41, 5.74) is -0.439. The van der Waals surface area contributed by atoms with Gasteiger partial charge in [0.15, 0.2) is 5.76 Å². The number of nitriles is 1. The lowest BCUT2D eigenvalue weighted by molar-refractivity contribution is -0.164. The van der Waals surface area contributed by atoms with Gasteiger partial charge in [-0.15, -0.1) is 0 Å². The summed E-state index contributed by atoms with van der Waals surface area (Å²) >= 11 is 0. The molecule has 124 valence electrons. The van der Waals surface area contributed by atoms with Crippen molar-refractivity contribution in [2.24, 2.45) is 0 Å². The lowest BCUT2D eigenvalue weighted by Gasteiger charge is -2.11. The zero-order chi connectivity index (χ0) is 17.9. The highest BCUT2D eigenvalue weighted by molar-refractivity contribution is 6.23. The molecular formula is C16H12F3N3O2. The second-order valence-corrected chi connectivity index (χ2v) is 5.05. The summed E-state index contributed by atoms with van der Waals surface area (Å²) in [6, 6.07) is 10.1. The normalized spacial score (nSPS) is 11.9. The Morgan fingerprint density at radius 1 is 1.29 bits per heavy atom. The lowest BCUT2D eigenvalue weighted by atomic mass is 10.0. The van der Waals surface area contributed by atoms with Gasteiger partial charge in [-0.25, -0.2) is 0 Å². The van der Waals surface area contributed by atoms with E-state index in [1.807, 2.05) is 0 Å². The Bertz CT molecular complexity index is 815. The summed E-state index contributed by atoms with van der Waals surface area (Å²) in [7, 11) is 2.90. The topological polar surface area (TPSA) is 70.1 Å². The van der Waals surface area contributed by atoms with E-state index < -0.39 is 23.3 Å². The molecule has 0 amide bonds. The molecule has 2 aromatic rings. The van der Waals surface area contributed by atoms with Gasteiger partial charge in [0.05, 0.1) is 5.57 Å². The Balaban J connectivity index is 2.63. The fourth-order valence-electron chi connectivity index (χ4n) is 2.00. The Morgan fingerprint density at radius 2 is 1.92 bits per heavy atom. The van der Waals surface area contributed by atoms with Crippen LogP contribution in [0.5, 0.6) is 0 Å². The predicted molar refractivity (Wildman–Crippen MR) is 79.4 cm³/mol. The zero-order valence-corrected chi connectivity index (χ0v) is 12.8. The molecular weight excluding hydrogens is 323 g/mol. The van der Waals surface area contributed by atoms with Crippen molar-refractivity contribution in [1.29, 1.82) is 5.26 Å². The van der Waals surface area contributed by atoms with Crippen molar-refractivity contribution >= 4 is 11.4 Å². The van der Waals surface area contributed by atoms with Gasteiger partial charge in [-0.3, -0.25) is 4.79 Å². The number of hydrogen-bond acceptors (Lipinski definition) is 5. The number of carbonyl (C=O) groups excluding carboxylic acids is 1. The maximum Gasteiger partial charge on any atom is 0.455 e. The summed E-state index contributed by atoms with van der Waals surface area (Å²) < 4.78 is 43.5. The smallest absolute Gasteiger partial charge is 0.383 e. The Hall–Kier alpha value is -3.08. The molecule has 0 aliphatic heterocycles. The zero-order valence-electron chi connectivity index (χ0n) is 12.8. The Morgan fingerprint density at radius 3 is 2.42 bits per heavy atom. The number of benzene rings is 1. The standard InChI is InChI=1S/C16H12F3N3O2/c1-22(2)9-12(15(23)16(17,18)19)14-11(8-20)13(21-24-14)10-6-4-3-5-7-10/h3-7,9H,1-2H3. The SMILES string of the molecule is CN(C)C=C(C(=O)C(F)(F)F)c1onc(-c2ccccc2)c1C#N. The number of alkyl halides is 3. The summed E-state index contributed by atoms with van der Waals surface area (Å²) in [6.07, 6.45) is -4.15. The molecule has 8 heteroatoms. The highest BCUT2D eigenvalue weighted by Crippen LogP contribution is 2.33. The molecule has 0 fully saturated rings. The summed E-state index contributed by atoms with van der Waals surface area (Å²) in [6.45, 7) is 0. The molecule has 0 aliphatic carbocycles. The first kappa shape index (κ1) is 17.3. The van der Waals surface area contributed by atoms with E-state index in [4.69, 9.17) is 4.52 Å². The number of nitrogens with zero attached hydrogens (tertiary/aromatic N) is 3. The van der Waals surface area contributed by atoms with Crippen LogP contribution < -0.4 is 0 Å². The van der Waals surface area contributed by atoms with E-state index >= 15 is 0 Å². The van der Waals surface area contributed by atoms with Crippen LogP contribution in [0, 0.1) is 11.3 Å². The van der Waals surface area contributed by atoms with E-state index in [2.05, 4.69) is 5.16 Å². The number of halogens is 3. The molecule has 0 unspecified atom stereocenters. The molecule has 1 aromatic heterocycles. The largest absolute Gasteiger partial charge is 0.455 e. The van der Waals surface area contributed by atoms with Crippen molar-refractivity contribution in [1.82, 2.24) is 10.1 Å². The van der Waals surface area contributed by atoms with Gasteiger partial charge in [0.1, 0.15) is 17.3 Å². The van der Waals surface area contributed by atoms with Crippen molar-refractivity contribution in [3.63, 3.8) is 0 Å². The van der Waals surface area contributed by atoms with Crippen LogP contribution in [0.3, 0.4) is 0 Å². The maximum atomic E-state index is 12.8. The third-order valence-electron chi connectivity index (χ3n) is 2.99. The number of Topliss-reactive ketones (excluding diaryl/α,β-unsaturated/α-hetero) is 1. The van der Waals surface area contributed by atoms with Crippen molar-refractivity contribution in [3.05, 3.63) is 47.9 Å². The van der Waals surface area contributed by atoms with Crippen LogP contribution in [-0.4, -0.2) is 36.1 Å². The highest BCUT2D eigenvalue weighted by Gasteiger charge is 2.43. The second kappa shape index (κ2) is 6.58. The fraction of sp³-hybridized carbons (Fsp3) is 0.188. The number of carbonyl (C=O) groups is 1. The van der Waals surface area contributed by atoms with E-state index in [9.17, 15) is 23.2 Å². The number of allylic oxidation sites excluding steroid dienone is 1. The molecule has 0 aliphatic rings. The minimum atomic E-state index is -5.10. The predicted octanol–water partition coefficient (Wildman–Crippen LogP) is 3.25. The van der Waals surface area contributed by atoms with E-state index in [-0.39, 0.29) is 11.3 Å². The average Bonchev–Trinajstić information content (AvgIpc) is 2.95. The fourth-order valence-corrected chi connectivity index (χ4v) is 2.00. The first-order valence-electron chi connectivity index (χ1n) is 6.71. The molecule has 0 atom stereocenters. The summed E-state index contributed by atoms with van der Waals surface area (Å²) in [4.78, 5) is 13.0. The van der Waals surface area contributed by atoms with Crippen molar-refractivity contribution in [2.75, 3.05) is 14.1 Å². The highest BCUT2D eigenvalue weighted by atomic mass is 19.4. The molecule has 2 rings (SSSR count). The third-order valence-corrected chi connectivity index (χ3v) is 2.99. The molecule has 24 heavy (non-hydrogen) atoms. The summed E-state index contributed by atoms with van der Waals surface area (Å²) in [5, 5.41) is 13.0. The maximum absolute atomic E-state index is 12.8. The van der Waals surface area contributed by atoms with Crippen LogP contribution in [0.15, 0.2) is 41.1 Å². The Kier molecular flexibility index (Phi) is 4.74. The van der Waals surface area contributed by atoms with Gasteiger partial charge in [0.2, 0.25) is 0 Å². The summed E-state index contributed by atoms with van der Waals surface area (Å²) in [5.74, 6) is -2.61. The van der Waals surface area contributed by atoms with Crippen LogP contribution in [0.1, 0.15) is 11.3 Å². The lowest BCUT2D eigenvalue weighted by Crippen LogP contribution is -2.25. The molecule has 0 radical (unpaired) electrons. The van der Waals surface area contributed by atoms with Crippen molar-refractivity contribution < 1.29 is 22.5 Å². The van der Waals surface area contributed by atoms with Crippen LogP contribution in [0.25, 0.3) is 16.8 Å². The molecule has 0 N–H and O–H groups in total. The van der Waals surface area contributed by atoms with Gasteiger partial charge in [0, 0.05) is 25.9 Å². The number of ketones is 1. The first-order valence-corrected chi connectivity index (χ1v) is 6.71. The molecule has 0 spiro atoms. The van der Waals surface area contributed by atoms with E-state index in [1.165, 1.54) is 19.0 Å². The molecule has 1 heterocycles. The monoisotopic (exact) mass is 335 g/mol. The second-order valence-electron chi connectivity index (χ2n) is 5.05. The molecule has 1 aromatic carbocycles. The third kappa shape index (κ3) is 3.46. The minimum absolute atomic E-state index is 0.0766. The van der Waals surface area contributed by atoms with E-state index in [0.717, 1.165) is 6.20 Å². The molecule has 0 saturated heterocycles. The van der Waals surface area contributed by atoms with Crippen molar-refractivity contribution in [3.8, 4) is 17.3 Å². The average molecular weight is 335 g/mol. The van der Waals surface area contributed by atoms with Gasteiger partial charge in [-0.1, -0.05) is 35.5 Å². The van der Waals surface area contributed by atoms with Gasteiger partial charge in [-0.2, -0.15) is 18.4 Å². The molecule has 5 nitrogen and oxygen atoms in total. The van der Waals surface area contributed by atoms with Gasteiger partial charge in [0.25, 0.3) is 5.78 Å². The van der Waals surface area contributed by atoms with Crippen molar-refractivity contribution in [2.45, 2.75) is 6.18 Å². The van der Waals surface area contributed by atoms with E-state index in [0.29, 0.717) is 5.56 Å². The Labute approximate surface area is 135 Å². The van der Waals surface area contributed by atoms with Crippen LogP contribution in [0.4, 0.5) is 13.2 Å². The number of hydrogen-bond donors (Lipinski definition) is 0. The van der Waals surface area contributed by atoms with Crippen LogP contribution in [0.2, 0.25) is 0 Å². The first-order chi connectivity index (χ1) is 11.3. The number of aromatic nitrogens is 1. The molecule has 0 saturated carbocycles. The van der Waals surface area contributed by atoms with Gasteiger partial charge >= 0.3 is 6.18 Å². The minimum Gasteiger partial charge on any atom is -0.383 e. The molecule has 0 bridgehead atoms. The van der Waals surface area contributed by atoms with E-state index in [1.54, 1.807) is 36.4 Å². The van der Waals surface area contributed by atoms with Crippen LogP contribution >= 0.6 is 0 Å². The van der Waals surface area contributed by atoms with Gasteiger partial charge in [-0.05, 0) is 0 Å².